The first kappa shape index (κ1) is 23.7. The summed E-state index contributed by atoms with van der Waals surface area (Å²) in [4.78, 5) is 41.6. The van der Waals surface area contributed by atoms with Crippen molar-refractivity contribution in [1.29, 1.82) is 0 Å². The summed E-state index contributed by atoms with van der Waals surface area (Å²) in [6.45, 7) is 3.15. The van der Waals surface area contributed by atoms with Crippen LogP contribution in [0.1, 0.15) is 23.2 Å². The predicted molar refractivity (Wildman–Crippen MR) is 127 cm³/mol. The molecule has 33 heavy (non-hydrogen) atoms. The van der Waals surface area contributed by atoms with Gasteiger partial charge in [0, 0.05) is 54.3 Å². The number of methoxy groups -OCH3 is 1. The maximum Gasteiger partial charge on any atom is 0.341 e. The van der Waals surface area contributed by atoms with Crippen molar-refractivity contribution in [3.8, 4) is 11.1 Å². The molecule has 2 fully saturated rings. The number of carbonyl (C=O) groups is 3. The fourth-order valence-corrected chi connectivity index (χ4v) is 5.31. The Kier molecular flexibility index (Phi) is 7.64. The Morgan fingerprint density at radius 3 is 2.61 bits per heavy atom. The lowest BCUT2D eigenvalue weighted by Crippen LogP contribution is -2.52. The first-order chi connectivity index (χ1) is 16.0. The molecule has 2 aliphatic rings. The maximum absolute atomic E-state index is 12.8. The summed E-state index contributed by atoms with van der Waals surface area (Å²) in [5, 5.41) is 5.58. The minimum absolute atomic E-state index is 0.0463. The van der Waals surface area contributed by atoms with E-state index in [0.29, 0.717) is 53.9 Å². The van der Waals surface area contributed by atoms with Crippen molar-refractivity contribution in [1.82, 2.24) is 9.80 Å². The van der Waals surface area contributed by atoms with Crippen LogP contribution in [0.4, 0.5) is 5.00 Å². The van der Waals surface area contributed by atoms with E-state index in [-0.39, 0.29) is 30.0 Å². The number of carbonyl (C=O) groups excluding carboxylic acids is 3. The molecule has 1 aromatic heterocycles. The van der Waals surface area contributed by atoms with Crippen LogP contribution in [0.3, 0.4) is 0 Å². The molecule has 0 spiro atoms. The number of halogens is 1. The monoisotopic (exact) mass is 491 g/mol. The molecule has 4 rings (SSSR count). The van der Waals surface area contributed by atoms with E-state index < -0.39 is 5.97 Å². The summed E-state index contributed by atoms with van der Waals surface area (Å²) in [5.41, 5.74) is 1.60. The Morgan fingerprint density at radius 1 is 1.18 bits per heavy atom. The van der Waals surface area contributed by atoms with Gasteiger partial charge in [-0.05, 0) is 18.9 Å². The highest BCUT2D eigenvalue weighted by Crippen LogP contribution is 2.39. The van der Waals surface area contributed by atoms with E-state index in [1.807, 2.05) is 28.0 Å². The average Bonchev–Trinajstić information content (AvgIpc) is 3.49. The van der Waals surface area contributed by atoms with Crippen LogP contribution >= 0.6 is 22.9 Å². The first-order valence-electron chi connectivity index (χ1n) is 10.8. The largest absolute Gasteiger partial charge is 0.465 e. The number of anilines is 1. The third-order valence-corrected chi connectivity index (χ3v) is 7.08. The average molecular weight is 492 g/mol. The molecule has 1 aromatic carbocycles. The number of amides is 2. The normalized spacial score (nSPS) is 18.8. The van der Waals surface area contributed by atoms with Crippen molar-refractivity contribution < 1.29 is 23.9 Å². The van der Waals surface area contributed by atoms with Gasteiger partial charge in [0.05, 0.1) is 13.7 Å². The van der Waals surface area contributed by atoms with Crippen molar-refractivity contribution in [2.24, 2.45) is 0 Å². The van der Waals surface area contributed by atoms with Crippen LogP contribution in [0.2, 0.25) is 5.02 Å². The Bertz CT molecular complexity index is 1030. The molecule has 8 nitrogen and oxygen atoms in total. The number of hydrogen-bond acceptors (Lipinski definition) is 7. The van der Waals surface area contributed by atoms with Gasteiger partial charge >= 0.3 is 5.97 Å². The zero-order chi connectivity index (χ0) is 23.4. The second kappa shape index (κ2) is 10.6. The lowest BCUT2D eigenvalue weighted by atomic mass is 10.0. The number of esters is 1. The molecule has 1 atom stereocenters. The van der Waals surface area contributed by atoms with Crippen molar-refractivity contribution >= 4 is 45.7 Å². The van der Waals surface area contributed by atoms with Crippen molar-refractivity contribution in [2.45, 2.75) is 18.9 Å². The molecule has 0 saturated carbocycles. The molecule has 2 aromatic rings. The summed E-state index contributed by atoms with van der Waals surface area (Å²) in [6, 6.07) is 7.21. The van der Waals surface area contributed by atoms with E-state index in [2.05, 4.69) is 5.32 Å². The van der Waals surface area contributed by atoms with Gasteiger partial charge in [-0.1, -0.05) is 29.8 Å². The Balaban J connectivity index is 1.38. The van der Waals surface area contributed by atoms with Gasteiger partial charge in [0.25, 0.3) is 5.91 Å². The second-order valence-corrected chi connectivity index (χ2v) is 9.26. The number of nitrogens with one attached hydrogen (secondary N) is 1. The highest BCUT2D eigenvalue weighted by molar-refractivity contribution is 7.15. The van der Waals surface area contributed by atoms with E-state index >= 15 is 0 Å². The van der Waals surface area contributed by atoms with E-state index in [4.69, 9.17) is 21.1 Å². The third kappa shape index (κ3) is 5.38. The molecule has 176 valence electrons. The molecule has 0 radical (unpaired) electrons. The lowest BCUT2D eigenvalue weighted by molar-refractivity contribution is -0.142. The van der Waals surface area contributed by atoms with Gasteiger partial charge in [-0.25, -0.2) is 4.79 Å². The summed E-state index contributed by atoms with van der Waals surface area (Å²) in [6.07, 6.45) is 1.38. The van der Waals surface area contributed by atoms with Crippen molar-refractivity contribution in [3.63, 3.8) is 0 Å². The van der Waals surface area contributed by atoms with Gasteiger partial charge in [-0.15, -0.1) is 11.3 Å². The molecular formula is C23H26ClN3O5S. The molecule has 1 unspecified atom stereocenters. The molecule has 3 heterocycles. The molecule has 10 heteroatoms. The first-order valence-corrected chi connectivity index (χ1v) is 12.1. The van der Waals surface area contributed by atoms with Gasteiger partial charge in [0.15, 0.2) is 0 Å². The summed E-state index contributed by atoms with van der Waals surface area (Å²) in [7, 11) is 1.30. The van der Waals surface area contributed by atoms with Crippen LogP contribution in [0.25, 0.3) is 11.1 Å². The topological polar surface area (TPSA) is 88.2 Å². The van der Waals surface area contributed by atoms with Crippen LogP contribution in [0.15, 0.2) is 29.6 Å². The van der Waals surface area contributed by atoms with E-state index in [1.54, 1.807) is 11.4 Å². The third-order valence-electron chi connectivity index (χ3n) is 5.85. The van der Waals surface area contributed by atoms with Gasteiger partial charge in [0.2, 0.25) is 5.91 Å². The van der Waals surface area contributed by atoms with Crippen LogP contribution in [0, 0.1) is 0 Å². The van der Waals surface area contributed by atoms with E-state index in [9.17, 15) is 14.4 Å². The summed E-state index contributed by atoms with van der Waals surface area (Å²) >= 11 is 7.58. The van der Waals surface area contributed by atoms with Crippen LogP contribution in [-0.2, 0) is 19.1 Å². The fourth-order valence-electron chi connectivity index (χ4n) is 4.10. The van der Waals surface area contributed by atoms with Gasteiger partial charge in [0.1, 0.15) is 16.7 Å². The maximum atomic E-state index is 12.8. The number of ether oxygens (including phenoxy) is 2. The summed E-state index contributed by atoms with van der Waals surface area (Å²) in [5.74, 6) is -0.723. The second-order valence-electron chi connectivity index (χ2n) is 7.98. The van der Waals surface area contributed by atoms with E-state index in [1.165, 1.54) is 18.4 Å². The molecule has 1 N–H and O–H groups in total. The van der Waals surface area contributed by atoms with Gasteiger partial charge < -0.3 is 19.7 Å². The molecular weight excluding hydrogens is 466 g/mol. The number of rotatable bonds is 6. The molecule has 2 saturated heterocycles. The van der Waals surface area contributed by atoms with Gasteiger partial charge in [-0.3, -0.25) is 14.5 Å². The molecule has 0 bridgehead atoms. The zero-order valence-electron chi connectivity index (χ0n) is 18.3. The highest BCUT2D eigenvalue weighted by atomic mass is 35.5. The van der Waals surface area contributed by atoms with Crippen LogP contribution in [0.5, 0.6) is 0 Å². The fraction of sp³-hybridized carbons (Fsp3) is 0.435. The van der Waals surface area contributed by atoms with Crippen molar-refractivity contribution in [3.05, 3.63) is 40.2 Å². The Labute approximate surface area is 201 Å². The minimum Gasteiger partial charge on any atom is -0.465 e. The SMILES string of the molecule is COC(=O)c1c(-c2ccccc2Cl)csc1NC(=O)CN1CCN(C(=O)C2CCCO2)CC1. The summed E-state index contributed by atoms with van der Waals surface area (Å²) < 4.78 is 10.5. The van der Waals surface area contributed by atoms with Crippen molar-refractivity contribution in [2.75, 3.05) is 51.8 Å². The van der Waals surface area contributed by atoms with Crippen LogP contribution < -0.4 is 5.32 Å². The minimum atomic E-state index is -0.539. The lowest BCUT2D eigenvalue weighted by Gasteiger charge is -2.35. The Hall–Kier alpha value is -2.46. The number of thiophene rings is 1. The number of benzene rings is 1. The smallest absolute Gasteiger partial charge is 0.341 e. The van der Waals surface area contributed by atoms with Crippen LogP contribution in [-0.4, -0.2) is 80.1 Å². The highest BCUT2D eigenvalue weighted by Gasteiger charge is 2.31. The molecule has 2 aliphatic heterocycles. The molecule has 0 aliphatic carbocycles. The van der Waals surface area contributed by atoms with E-state index in [0.717, 1.165) is 12.8 Å². The number of nitrogens with zero attached hydrogens (tertiary/aromatic N) is 2. The zero-order valence-corrected chi connectivity index (χ0v) is 19.9. The number of hydrogen-bond donors (Lipinski definition) is 1. The number of piperazine rings is 1. The molecule has 2 amide bonds. The predicted octanol–water partition coefficient (Wildman–Crippen LogP) is 3.12. The Morgan fingerprint density at radius 2 is 1.94 bits per heavy atom. The van der Waals surface area contributed by atoms with Gasteiger partial charge in [-0.2, -0.15) is 0 Å². The standard InChI is InChI=1S/C23H26ClN3O5S/c1-31-23(30)20-16(15-5-2-3-6-17(15)24)14-33-21(20)25-19(28)13-26-8-10-27(11-9-26)22(29)18-7-4-12-32-18/h2-3,5-6,14,18H,4,7-13H2,1H3,(H,25,28). The quantitative estimate of drug-likeness (QED) is 0.625.